The molecule has 0 aromatic heterocycles. The molecule has 33 heavy (non-hydrogen) atoms. The van der Waals surface area contributed by atoms with E-state index in [1.807, 2.05) is 85.8 Å². The molecule has 0 fully saturated rings. The van der Waals surface area contributed by atoms with E-state index in [9.17, 15) is 9.59 Å². The lowest BCUT2D eigenvalue weighted by molar-refractivity contribution is -0.116. The molecule has 5 nitrogen and oxygen atoms in total. The van der Waals surface area contributed by atoms with E-state index in [0.717, 1.165) is 40.4 Å². The van der Waals surface area contributed by atoms with Crippen LogP contribution in [0.4, 0.5) is 11.4 Å². The second-order valence-corrected chi connectivity index (χ2v) is 8.71. The van der Waals surface area contributed by atoms with Crippen molar-refractivity contribution in [1.29, 1.82) is 0 Å². The Kier molecular flexibility index (Phi) is 9.39. The quantitative estimate of drug-likeness (QED) is 0.312. The number of ether oxygens (including phenoxy) is 1. The lowest BCUT2D eigenvalue weighted by Gasteiger charge is -2.17. The predicted molar refractivity (Wildman–Crippen MR) is 136 cm³/mol. The van der Waals surface area contributed by atoms with Gasteiger partial charge in [0.1, 0.15) is 11.0 Å². The number of hydrogen-bond donors (Lipinski definition) is 2. The Morgan fingerprint density at radius 3 is 2.12 bits per heavy atom. The number of unbranched alkanes of at least 4 members (excludes halogenated alkanes) is 1. The minimum atomic E-state index is -0.428. The van der Waals surface area contributed by atoms with Crippen LogP contribution in [-0.2, 0) is 9.59 Å². The second kappa shape index (κ2) is 12.7. The molecule has 0 saturated carbocycles. The molecule has 2 N–H and O–H groups in total. The van der Waals surface area contributed by atoms with Gasteiger partial charge in [-0.05, 0) is 67.4 Å². The number of amides is 2. The van der Waals surface area contributed by atoms with E-state index < -0.39 is 5.25 Å². The van der Waals surface area contributed by atoms with E-state index in [1.54, 1.807) is 0 Å². The van der Waals surface area contributed by atoms with Gasteiger partial charge in [-0.15, -0.1) is 11.8 Å². The molecule has 6 heteroatoms. The Morgan fingerprint density at radius 1 is 0.848 bits per heavy atom. The first kappa shape index (κ1) is 24.4. The van der Waals surface area contributed by atoms with E-state index in [2.05, 4.69) is 17.6 Å². The molecule has 0 aliphatic carbocycles. The Hall–Kier alpha value is -3.25. The van der Waals surface area contributed by atoms with Crippen molar-refractivity contribution < 1.29 is 14.3 Å². The van der Waals surface area contributed by atoms with Crippen LogP contribution in [-0.4, -0.2) is 18.4 Å². The highest BCUT2D eigenvalue weighted by Crippen LogP contribution is 2.36. The van der Waals surface area contributed by atoms with Crippen LogP contribution < -0.4 is 15.4 Å². The van der Waals surface area contributed by atoms with Crippen molar-refractivity contribution in [3.8, 4) is 5.75 Å². The number of rotatable bonds is 11. The predicted octanol–water partition coefficient (Wildman–Crippen LogP) is 6.69. The van der Waals surface area contributed by atoms with Crippen LogP contribution in [0.25, 0.3) is 0 Å². The maximum atomic E-state index is 13.2. The van der Waals surface area contributed by atoms with Crippen LogP contribution in [0, 0.1) is 0 Å². The van der Waals surface area contributed by atoms with Crippen molar-refractivity contribution in [1.82, 2.24) is 0 Å². The first-order chi connectivity index (χ1) is 16.1. The summed E-state index contributed by atoms with van der Waals surface area (Å²) in [5, 5.41) is 5.51. The van der Waals surface area contributed by atoms with Gasteiger partial charge in [0.05, 0.1) is 6.61 Å². The number of benzene rings is 3. The minimum Gasteiger partial charge on any atom is -0.494 e. The maximum Gasteiger partial charge on any atom is 0.242 e. The lowest BCUT2D eigenvalue weighted by Crippen LogP contribution is -2.19. The monoisotopic (exact) mass is 462 g/mol. The SMILES string of the molecule is CCCCC(=O)Nc1ccc(SC(C(=O)Nc2ccc(OCC)cc2)c2ccccc2)cc1. The number of carbonyl (C=O) groups is 2. The molecule has 1 atom stereocenters. The van der Waals surface area contributed by atoms with Crippen molar-refractivity contribution in [2.24, 2.45) is 0 Å². The highest BCUT2D eigenvalue weighted by atomic mass is 32.2. The van der Waals surface area contributed by atoms with Gasteiger partial charge in [0.2, 0.25) is 11.8 Å². The van der Waals surface area contributed by atoms with Crippen molar-refractivity contribution in [2.75, 3.05) is 17.2 Å². The molecule has 0 heterocycles. The summed E-state index contributed by atoms with van der Waals surface area (Å²) in [6.45, 7) is 4.60. The Labute approximate surface area is 199 Å². The largest absolute Gasteiger partial charge is 0.494 e. The number of carbonyl (C=O) groups excluding carboxylic acids is 2. The zero-order valence-corrected chi connectivity index (χ0v) is 19.9. The Bertz CT molecular complexity index is 1020. The highest BCUT2D eigenvalue weighted by molar-refractivity contribution is 8.00. The summed E-state index contributed by atoms with van der Waals surface area (Å²) >= 11 is 1.47. The van der Waals surface area contributed by atoms with Crippen LogP contribution in [0.3, 0.4) is 0 Å². The topological polar surface area (TPSA) is 67.4 Å². The summed E-state index contributed by atoms with van der Waals surface area (Å²) in [7, 11) is 0. The fraction of sp³-hybridized carbons (Fsp3) is 0.259. The summed E-state index contributed by atoms with van der Waals surface area (Å²) in [5.74, 6) is 0.688. The Morgan fingerprint density at radius 2 is 1.48 bits per heavy atom. The molecule has 172 valence electrons. The van der Waals surface area contributed by atoms with Crippen LogP contribution in [0.5, 0.6) is 5.75 Å². The van der Waals surface area contributed by atoms with Crippen molar-refractivity contribution in [2.45, 2.75) is 43.3 Å². The van der Waals surface area contributed by atoms with E-state index in [1.165, 1.54) is 11.8 Å². The average Bonchev–Trinajstić information content (AvgIpc) is 2.84. The maximum absolute atomic E-state index is 13.2. The van der Waals surface area contributed by atoms with Gasteiger partial charge in [-0.1, -0.05) is 43.7 Å². The standard InChI is InChI=1S/C27H30N2O3S/c1-3-5-11-25(30)28-21-14-18-24(19-15-21)33-26(20-9-7-6-8-10-20)27(31)29-22-12-16-23(17-13-22)32-4-2/h6-10,12-19,26H,3-5,11H2,1-2H3,(H,28,30)(H,29,31). The molecule has 0 radical (unpaired) electrons. The van der Waals surface area contributed by atoms with E-state index in [-0.39, 0.29) is 11.8 Å². The molecule has 3 rings (SSSR count). The smallest absolute Gasteiger partial charge is 0.242 e. The van der Waals surface area contributed by atoms with Gasteiger partial charge < -0.3 is 15.4 Å². The molecule has 1 unspecified atom stereocenters. The van der Waals surface area contributed by atoms with Gasteiger partial charge in [0.25, 0.3) is 0 Å². The molecular weight excluding hydrogens is 432 g/mol. The number of nitrogens with one attached hydrogen (secondary N) is 2. The van der Waals surface area contributed by atoms with Crippen LogP contribution in [0.15, 0.2) is 83.8 Å². The number of anilines is 2. The van der Waals surface area contributed by atoms with Gasteiger partial charge in [0, 0.05) is 22.7 Å². The van der Waals surface area contributed by atoms with Crippen LogP contribution in [0.1, 0.15) is 43.9 Å². The minimum absolute atomic E-state index is 0.0224. The molecular formula is C27H30N2O3S. The van der Waals surface area contributed by atoms with Crippen molar-refractivity contribution in [3.05, 3.63) is 84.4 Å². The van der Waals surface area contributed by atoms with Gasteiger partial charge in [0.15, 0.2) is 0 Å². The number of hydrogen-bond acceptors (Lipinski definition) is 4. The van der Waals surface area contributed by atoms with Gasteiger partial charge in [-0.25, -0.2) is 0 Å². The third-order valence-electron chi connectivity index (χ3n) is 4.92. The van der Waals surface area contributed by atoms with E-state index in [0.29, 0.717) is 13.0 Å². The molecule has 0 aliphatic heterocycles. The lowest BCUT2D eigenvalue weighted by atomic mass is 10.1. The third-order valence-corrected chi connectivity index (χ3v) is 6.19. The van der Waals surface area contributed by atoms with E-state index in [4.69, 9.17) is 4.74 Å². The van der Waals surface area contributed by atoms with Crippen LogP contribution >= 0.6 is 11.8 Å². The normalized spacial score (nSPS) is 11.5. The summed E-state index contributed by atoms with van der Waals surface area (Å²) in [6.07, 6.45) is 2.39. The molecule has 3 aromatic rings. The summed E-state index contributed by atoms with van der Waals surface area (Å²) in [5.41, 5.74) is 2.40. The fourth-order valence-electron chi connectivity index (χ4n) is 3.22. The van der Waals surface area contributed by atoms with Gasteiger partial charge in [-0.3, -0.25) is 9.59 Å². The summed E-state index contributed by atoms with van der Waals surface area (Å²) in [4.78, 5) is 26.1. The second-order valence-electron chi connectivity index (χ2n) is 7.53. The molecule has 0 saturated heterocycles. The van der Waals surface area contributed by atoms with Crippen molar-refractivity contribution in [3.63, 3.8) is 0 Å². The van der Waals surface area contributed by atoms with Gasteiger partial charge >= 0.3 is 0 Å². The molecule has 0 bridgehead atoms. The number of thioether (sulfide) groups is 1. The van der Waals surface area contributed by atoms with Gasteiger partial charge in [-0.2, -0.15) is 0 Å². The summed E-state index contributed by atoms with van der Waals surface area (Å²) < 4.78 is 5.47. The third kappa shape index (κ3) is 7.68. The molecule has 0 aliphatic rings. The molecule has 2 amide bonds. The highest BCUT2D eigenvalue weighted by Gasteiger charge is 2.22. The zero-order valence-electron chi connectivity index (χ0n) is 19.0. The zero-order chi connectivity index (χ0) is 23.5. The fourth-order valence-corrected chi connectivity index (χ4v) is 4.25. The Balaban J connectivity index is 1.70. The van der Waals surface area contributed by atoms with Crippen molar-refractivity contribution >= 4 is 35.0 Å². The summed E-state index contributed by atoms with van der Waals surface area (Å²) in [6, 6.07) is 24.7. The molecule has 0 spiro atoms. The first-order valence-corrected chi connectivity index (χ1v) is 12.1. The molecule has 3 aromatic carbocycles. The van der Waals surface area contributed by atoms with E-state index >= 15 is 0 Å². The van der Waals surface area contributed by atoms with Crippen LogP contribution in [0.2, 0.25) is 0 Å². The average molecular weight is 463 g/mol. The first-order valence-electron chi connectivity index (χ1n) is 11.2.